The number of aryl methyl sites for hydroxylation is 2. The Morgan fingerprint density at radius 2 is 1.66 bits per heavy atom. The molecule has 0 bridgehead atoms. The van der Waals surface area contributed by atoms with Crippen LogP contribution in [0.2, 0.25) is 0 Å². The van der Waals surface area contributed by atoms with E-state index >= 15 is 0 Å². The Morgan fingerprint density at radius 3 is 2.18 bits per heavy atom. The first-order valence-electron chi connectivity index (χ1n) is 12.7. The van der Waals surface area contributed by atoms with E-state index in [2.05, 4.69) is 4.98 Å². The van der Waals surface area contributed by atoms with Crippen molar-refractivity contribution in [2.45, 2.75) is 70.5 Å². The number of hydrogen-bond donors (Lipinski definition) is 0. The van der Waals surface area contributed by atoms with Crippen LogP contribution in [0.15, 0.2) is 27.7 Å². The monoisotopic (exact) mass is 548 g/mol. The molecule has 12 heteroatoms. The van der Waals surface area contributed by atoms with Crippen molar-refractivity contribution in [2.24, 2.45) is 0 Å². The van der Waals surface area contributed by atoms with Crippen LogP contribution in [0.4, 0.5) is 4.79 Å². The minimum Gasteiger partial charge on any atom is -0.497 e. The molecule has 1 aliphatic carbocycles. The number of aromatic nitrogens is 1. The maximum Gasteiger partial charge on any atom is 0.410 e. The number of piperazine rings is 1. The molecule has 1 saturated heterocycles. The zero-order chi connectivity index (χ0) is 27.8. The Morgan fingerprint density at radius 1 is 1.08 bits per heavy atom. The minimum atomic E-state index is -3.85. The highest BCUT2D eigenvalue weighted by Gasteiger charge is 2.40. The van der Waals surface area contributed by atoms with Crippen molar-refractivity contribution in [2.75, 3.05) is 33.3 Å². The molecule has 0 radical (unpaired) electrons. The Labute approximate surface area is 223 Å². The van der Waals surface area contributed by atoms with Crippen LogP contribution in [0.3, 0.4) is 0 Å². The average molecular weight is 549 g/mol. The second-order valence-electron chi connectivity index (χ2n) is 10.8. The van der Waals surface area contributed by atoms with E-state index < -0.39 is 21.7 Å². The van der Waals surface area contributed by atoms with Gasteiger partial charge in [0.1, 0.15) is 17.6 Å². The zero-order valence-corrected chi connectivity index (χ0v) is 23.6. The highest BCUT2D eigenvalue weighted by molar-refractivity contribution is 7.89. The predicted molar refractivity (Wildman–Crippen MR) is 138 cm³/mol. The Bertz CT molecular complexity index is 1280. The van der Waals surface area contributed by atoms with Crippen LogP contribution in [0.5, 0.6) is 5.75 Å². The SMILES string of the molecule is COc1cc(C)c(S(=O)(=O)N(Cc2nc(C(=O)N3CCN(C(=O)OC(C)(C)C)CC3)co2)C2CC2)c(C)c1. The number of hydrogen-bond acceptors (Lipinski definition) is 8. The predicted octanol–water partition coefficient (Wildman–Crippen LogP) is 3.35. The molecule has 208 valence electrons. The number of nitrogens with zero attached hydrogens (tertiary/aromatic N) is 4. The summed E-state index contributed by atoms with van der Waals surface area (Å²) in [6, 6.07) is 3.26. The third kappa shape index (κ3) is 6.12. The second kappa shape index (κ2) is 10.6. The van der Waals surface area contributed by atoms with Crippen LogP contribution in [0, 0.1) is 13.8 Å². The quantitative estimate of drug-likeness (QED) is 0.516. The van der Waals surface area contributed by atoms with Crippen molar-refractivity contribution >= 4 is 22.0 Å². The Hall–Kier alpha value is -3.12. The lowest BCUT2D eigenvalue weighted by Crippen LogP contribution is -2.51. The number of carbonyl (C=O) groups excluding carboxylic acids is 2. The normalized spacial score (nSPS) is 16.6. The van der Waals surface area contributed by atoms with E-state index in [0.29, 0.717) is 43.1 Å². The van der Waals surface area contributed by atoms with Gasteiger partial charge in [0.2, 0.25) is 15.9 Å². The summed E-state index contributed by atoms with van der Waals surface area (Å²) >= 11 is 0. The van der Waals surface area contributed by atoms with Gasteiger partial charge in [0, 0.05) is 32.2 Å². The number of rotatable bonds is 7. The lowest BCUT2D eigenvalue weighted by atomic mass is 10.1. The largest absolute Gasteiger partial charge is 0.497 e. The lowest BCUT2D eigenvalue weighted by molar-refractivity contribution is 0.0140. The molecule has 11 nitrogen and oxygen atoms in total. The first-order chi connectivity index (χ1) is 17.8. The molecule has 2 fully saturated rings. The molecular formula is C26H36N4O7S. The highest BCUT2D eigenvalue weighted by atomic mass is 32.2. The van der Waals surface area contributed by atoms with Crippen LogP contribution in [0.1, 0.15) is 61.1 Å². The maximum absolute atomic E-state index is 13.7. The third-order valence-corrected chi connectivity index (χ3v) is 8.68. The van der Waals surface area contributed by atoms with Gasteiger partial charge in [-0.1, -0.05) is 0 Å². The van der Waals surface area contributed by atoms with Crippen LogP contribution in [0.25, 0.3) is 0 Å². The molecule has 0 atom stereocenters. The fourth-order valence-corrected chi connectivity index (χ4v) is 6.57. The molecule has 1 saturated carbocycles. The van der Waals surface area contributed by atoms with Gasteiger partial charge in [0.15, 0.2) is 5.69 Å². The van der Waals surface area contributed by atoms with Crippen molar-refractivity contribution < 1.29 is 31.9 Å². The molecule has 2 amide bonds. The van der Waals surface area contributed by atoms with Crippen molar-refractivity contribution in [1.29, 1.82) is 0 Å². The van der Waals surface area contributed by atoms with Crippen molar-refractivity contribution in [3.8, 4) is 5.75 Å². The topological polar surface area (TPSA) is 122 Å². The van der Waals surface area contributed by atoms with Gasteiger partial charge in [-0.2, -0.15) is 4.31 Å². The summed E-state index contributed by atoms with van der Waals surface area (Å²) in [5.74, 6) is 0.422. The Balaban J connectivity index is 1.44. The molecule has 2 heterocycles. The molecule has 0 spiro atoms. The van der Waals surface area contributed by atoms with Crippen molar-refractivity contribution in [3.05, 3.63) is 41.1 Å². The van der Waals surface area contributed by atoms with E-state index in [-0.39, 0.29) is 35.0 Å². The van der Waals surface area contributed by atoms with Crippen LogP contribution in [-0.4, -0.2) is 84.4 Å². The molecule has 2 aromatic rings. The highest BCUT2D eigenvalue weighted by Crippen LogP contribution is 2.36. The lowest BCUT2D eigenvalue weighted by Gasteiger charge is -2.35. The molecule has 1 aliphatic heterocycles. The fourth-order valence-electron chi connectivity index (χ4n) is 4.52. The smallest absolute Gasteiger partial charge is 0.410 e. The van der Waals surface area contributed by atoms with Gasteiger partial charge < -0.3 is 23.7 Å². The van der Waals surface area contributed by atoms with Gasteiger partial charge >= 0.3 is 6.09 Å². The minimum absolute atomic E-state index is 0.0718. The molecule has 2 aliphatic rings. The summed E-state index contributed by atoms with van der Waals surface area (Å²) in [5, 5.41) is 0. The zero-order valence-electron chi connectivity index (χ0n) is 22.8. The first-order valence-corrected chi connectivity index (χ1v) is 14.1. The molecular weight excluding hydrogens is 512 g/mol. The second-order valence-corrected chi connectivity index (χ2v) is 12.6. The van der Waals surface area contributed by atoms with E-state index in [0.717, 1.165) is 12.8 Å². The number of amides is 2. The van der Waals surface area contributed by atoms with E-state index in [1.807, 2.05) is 20.8 Å². The molecule has 0 unspecified atom stereocenters. The summed E-state index contributed by atoms with van der Waals surface area (Å²) < 4.78 is 45.1. The van der Waals surface area contributed by atoms with E-state index in [9.17, 15) is 18.0 Å². The van der Waals surface area contributed by atoms with Gasteiger partial charge in [-0.15, -0.1) is 0 Å². The number of benzene rings is 1. The molecule has 1 aromatic carbocycles. The van der Waals surface area contributed by atoms with Gasteiger partial charge in [0.05, 0.1) is 18.6 Å². The standard InChI is InChI=1S/C26H36N4O7S/c1-17-13-20(35-6)14-18(2)23(17)38(33,34)30(19-7-8-19)15-22-27-21(16-36-22)24(31)28-9-11-29(12-10-28)25(32)37-26(3,4)5/h13-14,16,19H,7-12,15H2,1-6H3. The fraction of sp³-hybridized carbons (Fsp3) is 0.577. The van der Waals surface area contributed by atoms with Crippen molar-refractivity contribution in [1.82, 2.24) is 19.1 Å². The van der Waals surface area contributed by atoms with Crippen LogP contribution < -0.4 is 4.74 Å². The maximum atomic E-state index is 13.7. The Kier molecular flexibility index (Phi) is 7.76. The number of sulfonamides is 1. The summed E-state index contributed by atoms with van der Waals surface area (Å²) in [5.41, 5.74) is 0.714. The summed E-state index contributed by atoms with van der Waals surface area (Å²) in [4.78, 5) is 33.1. The summed E-state index contributed by atoms with van der Waals surface area (Å²) in [6.07, 6.45) is 2.36. The summed E-state index contributed by atoms with van der Waals surface area (Å²) in [7, 11) is -2.31. The van der Waals surface area contributed by atoms with Gasteiger partial charge in [-0.05, 0) is 70.7 Å². The third-order valence-electron chi connectivity index (χ3n) is 6.47. The molecule has 38 heavy (non-hydrogen) atoms. The molecule has 4 rings (SSSR count). The van der Waals surface area contributed by atoms with E-state index in [1.165, 1.54) is 10.6 Å². The molecule has 0 N–H and O–H groups in total. The van der Waals surface area contributed by atoms with E-state index in [4.69, 9.17) is 13.9 Å². The first kappa shape index (κ1) is 27.9. The van der Waals surface area contributed by atoms with Gasteiger partial charge in [-0.25, -0.2) is 18.2 Å². The van der Waals surface area contributed by atoms with Gasteiger partial charge in [-0.3, -0.25) is 4.79 Å². The van der Waals surface area contributed by atoms with E-state index in [1.54, 1.807) is 42.9 Å². The number of ether oxygens (including phenoxy) is 2. The average Bonchev–Trinajstić information content (AvgIpc) is 3.56. The van der Waals surface area contributed by atoms with Gasteiger partial charge in [0.25, 0.3) is 5.91 Å². The van der Waals surface area contributed by atoms with Crippen LogP contribution in [-0.2, 0) is 21.3 Å². The van der Waals surface area contributed by atoms with Crippen LogP contribution >= 0.6 is 0 Å². The summed E-state index contributed by atoms with van der Waals surface area (Å²) in [6.45, 7) is 10.2. The molecule has 1 aromatic heterocycles. The van der Waals surface area contributed by atoms with Crippen molar-refractivity contribution in [3.63, 3.8) is 0 Å². The number of methoxy groups -OCH3 is 1. The number of carbonyl (C=O) groups is 2. The number of oxazole rings is 1.